The van der Waals surface area contributed by atoms with E-state index >= 15 is 0 Å². The van der Waals surface area contributed by atoms with Gasteiger partial charge in [0.05, 0.1) is 20.3 Å². The molecule has 0 N–H and O–H groups in total. The van der Waals surface area contributed by atoms with Gasteiger partial charge < -0.3 is 33.2 Å². The highest BCUT2D eigenvalue weighted by Crippen LogP contribution is 2.31. The summed E-state index contributed by atoms with van der Waals surface area (Å²) in [6.07, 6.45) is 4.85. The van der Waals surface area contributed by atoms with Gasteiger partial charge in [-0.3, -0.25) is 0 Å². The van der Waals surface area contributed by atoms with Gasteiger partial charge in [0.25, 0.3) is 0 Å². The normalized spacial score (nSPS) is 19.4. The number of fused-ring (bicyclic) bond motifs is 1. The van der Waals surface area contributed by atoms with E-state index in [1.165, 1.54) is 12.2 Å². The summed E-state index contributed by atoms with van der Waals surface area (Å²) in [6, 6.07) is 30.6. The Morgan fingerprint density at radius 3 is 1.45 bits per heavy atom. The highest BCUT2D eigenvalue weighted by molar-refractivity contribution is 5.88. The van der Waals surface area contributed by atoms with Crippen LogP contribution in [0, 0.1) is 0 Å². The lowest BCUT2D eigenvalue weighted by molar-refractivity contribution is -0.149. The van der Waals surface area contributed by atoms with Crippen molar-refractivity contribution in [3.63, 3.8) is 0 Å². The predicted octanol–water partition coefficient (Wildman–Crippen LogP) is 6.44. The maximum atomic E-state index is 12.7. The molecule has 0 radical (unpaired) electrons. The molecule has 10 nitrogen and oxygen atoms in total. The van der Waals surface area contributed by atoms with E-state index in [-0.39, 0.29) is 20.0 Å². The molecule has 4 aromatic carbocycles. The highest BCUT2D eigenvalue weighted by atomic mass is 16.7. The predicted molar refractivity (Wildman–Crippen MR) is 189 cm³/mol. The minimum atomic E-state index is -0.626. The molecule has 260 valence electrons. The van der Waals surface area contributed by atoms with Crippen molar-refractivity contribution in [1.82, 2.24) is 0 Å². The van der Waals surface area contributed by atoms with E-state index in [4.69, 9.17) is 33.2 Å². The fourth-order valence-electron chi connectivity index (χ4n) is 5.65. The van der Waals surface area contributed by atoms with E-state index in [0.29, 0.717) is 5.75 Å². The Labute approximate surface area is 295 Å². The van der Waals surface area contributed by atoms with Gasteiger partial charge in [-0.2, -0.15) is 0 Å². The van der Waals surface area contributed by atoms with Crippen LogP contribution >= 0.6 is 0 Å². The largest absolute Gasteiger partial charge is 0.497 e. The third-order valence-electron chi connectivity index (χ3n) is 8.35. The van der Waals surface area contributed by atoms with Crippen molar-refractivity contribution >= 4 is 30.1 Å². The van der Waals surface area contributed by atoms with E-state index in [1.54, 1.807) is 31.4 Å². The number of carbonyl (C=O) groups excluding carboxylic acids is 3. The van der Waals surface area contributed by atoms with Crippen molar-refractivity contribution in [2.24, 2.45) is 0 Å². The molecule has 2 aliphatic rings. The summed E-state index contributed by atoms with van der Waals surface area (Å²) in [7, 11) is 1.63. The summed E-state index contributed by atoms with van der Waals surface area (Å²) in [5, 5.41) is 0. The van der Waals surface area contributed by atoms with Crippen LogP contribution in [0.25, 0.3) is 34.4 Å². The first-order valence-electron chi connectivity index (χ1n) is 16.3. The number of esters is 3. The van der Waals surface area contributed by atoms with E-state index in [1.807, 2.05) is 84.9 Å². The topological polar surface area (TPSA) is 116 Å². The molecule has 0 aromatic heterocycles. The zero-order valence-electron chi connectivity index (χ0n) is 27.8. The zero-order valence-corrected chi connectivity index (χ0v) is 27.8. The van der Waals surface area contributed by atoms with E-state index in [2.05, 4.69) is 6.58 Å². The molecule has 0 bridgehead atoms. The molecule has 10 heteroatoms. The average Bonchev–Trinajstić information content (AvgIpc) is 3.76. The molecule has 51 heavy (non-hydrogen) atoms. The number of hydrogen-bond donors (Lipinski definition) is 0. The summed E-state index contributed by atoms with van der Waals surface area (Å²) in [5.74, 6) is -0.252. The average molecular weight is 689 g/mol. The monoisotopic (exact) mass is 688 g/mol. The second-order valence-corrected chi connectivity index (χ2v) is 11.6. The van der Waals surface area contributed by atoms with Gasteiger partial charge in [0.15, 0.2) is 12.2 Å². The Morgan fingerprint density at radius 1 is 0.627 bits per heavy atom. The standard InChI is InChI=1S/C41H36O10/c1-3-37(42)49-26-48-34-20-16-32(17-21-34)30-12-6-28(7-13-30)9-23-39(44)51-36-25-47-40-35(24-46-41(36)40)50-38(43)22-8-27-4-10-29(11-5-27)31-14-18-33(45-2)19-15-31/h3-23,35-36,40-41H,1,24-26H2,2H3/b22-8+,23-9+. The molecule has 0 aliphatic carbocycles. The molecule has 4 atom stereocenters. The molecule has 0 saturated carbocycles. The Kier molecular flexibility index (Phi) is 11.4. The van der Waals surface area contributed by atoms with Gasteiger partial charge in [-0.05, 0) is 69.8 Å². The summed E-state index contributed by atoms with van der Waals surface area (Å²) in [4.78, 5) is 36.4. The minimum Gasteiger partial charge on any atom is -0.497 e. The van der Waals surface area contributed by atoms with Crippen LogP contribution in [0.15, 0.2) is 122 Å². The van der Waals surface area contributed by atoms with E-state index < -0.39 is 42.3 Å². The minimum absolute atomic E-state index is 0.137. The van der Waals surface area contributed by atoms with Crippen LogP contribution in [-0.2, 0) is 38.1 Å². The van der Waals surface area contributed by atoms with Crippen molar-refractivity contribution < 1.29 is 47.5 Å². The van der Waals surface area contributed by atoms with Crippen LogP contribution in [0.2, 0.25) is 0 Å². The van der Waals surface area contributed by atoms with Crippen LogP contribution in [0.4, 0.5) is 0 Å². The number of rotatable bonds is 13. The smallest absolute Gasteiger partial charge is 0.333 e. The van der Waals surface area contributed by atoms with Gasteiger partial charge >= 0.3 is 17.9 Å². The zero-order chi connectivity index (χ0) is 35.6. The first kappa shape index (κ1) is 34.9. The van der Waals surface area contributed by atoms with Crippen molar-refractivity contribution in [3.05, 3.63) is 133 Å². The number of carbonyl (C=O) groups is 3. The van der Waals surface area contributed by atoms with Crippen molar-refractivity contribution in [3.8, 4) is 33.8 Å². The van der Waals surface area contributed by atoms with Gasteiger partial charge in [0.1, 0.15) is 23.7 Å². The number of ether oxygens (including phenoxy) is 7. The van der Waals surface area contributed by atoms with Crippen molar-refractivity contribution in [1.29, 1.82) is 0 Å². The number of hydrogen-bond acceptors (Lipinski definition) is 10. The Bertz CT molecular complexity index is 1880. The summed E-state index contributed by atoms with van der Waals surface area (Å²) in [5.41, 5.74) is 5.70. The van der Waals surface area contributed by atoms with Crippen LogP contribution in [-0.4, -0.2) is 69.4 Å². The van der Waals surface area contributed by atoms with E-state index in [9.17, 15) is 14.4 Å². The number of methoxy groups -OCH3 is 1. The fraction of sp³-hybridized carbons (Fsp3) is 0.195. The quantitative estimate of drug-likeness (QED) is 0.0673. The lowest BCUT2D eigenvalue weighted by Gasteiger charge is -2.16. The second kappa shape index (κ2) is 16.6. The molecule has 0 spiro atoms. The van der Waals surface area contributed by atoms with Gasteiger partial charge in [-0.25, -0.2) is 14.4 Å². The summed E-state index contributed by atoms with van der Waals surface area (Å²) < 4.78 is 38.3. The molecule has 0 amide bonds. The summed E-state index contributed by atoms with van der Waals surface area (Å²) in [6.45, 7) is 3.41. The molecule has 6 rings (SSSR count). The number of benzene rings is 4. The maximum absolute atomic E-state index is 12.7. The molecule has 4 aromatic rings. The van der Waals surface area contributed by atoms with Gasteiger partial charge in [-0.15, -0.1) is 0 Å². The molecule has 2 aliphatic heterocycles. The first-order valence-corrected chi connectivity index (χ1v) is 16.3. The molecule has 4 unspecified atom stereocenters. The molecule has 2 saturated heterocycles. The molecule has 2 fully saturated rings. The van der Waals surface area contributed by atoms with Crippen LogP contribution in [0.1, 0.15) is 11.1 Å². The SMILES string of the molecule is C=CC(=O)OCOc1ccc(-c2ccc(/C=C/C(=O)OC3COC4C(OC(=O)/C=C/c5ccc(-c6ccc(OC)cc6)cc5)COC34)cc2)cc1. The van der Waals surface area contributed by atoms with Crippen molar-refractivity contribution in [2.75, 3.05) is 27.1 Å². The second-order valence-electron chi connectivity index (χ2n) is 11.6. The lowest BCUT2D eigenvalue weighted by atomic mass is 10.0. The third-order valence-corrected chi connectivity index (χ3v) is 8.35. The van der Waals surface area contributed by atoms with Gasteiger partial charge in [0, 0.05) is 18.2 Å². The first-order chi connectivity index (χ1) is 24.9. The van der Waals surface area contributed by atoms with E-state index in [0.717, 1.165) is 45.2 Å². The fourth-order valence-corrected chi connectivity index (χ4v) is 5.65. The van der Waals surface area contributed by atoms with Gasteiger partial charge in [0.2, 0.25) is 6.79 Å². The highest BCUT2D eigenvalue weighted by Gasteiger charge is 2.51. The van der Waals surface area contributed by atoms with Crippen LogP contribution in [0.5, 0.6) is 11.5 Å². The maximum Gasteiger partial charge on any atom is 0.333 e. The third kappa shape index (κ3) is 9.18. The molecular formula is C41H36O10. The summed E-state index contributed by atoms with van der Waals surface area (Å²) >= 11 is 0. The van der Waals surface area contributed by atoms with Crippen LogP contribution < -0.4 is 9.47 Å². The van der Waals surface area contributed by atoms with Gasteiger partial charge in [-0.1, -0.05) is 79.4 Å². The Balaban J connectivity index is 0.940. The lowest BCUT2D eigenvalue weighted by Crippen LogP contribution is -2.35. The Hall–Kier alpha value is -5.97. The molecule has 2 heterocycles. The van der Waals surface area contributed by atoms with Crippen molar-refractivity contribution in [2.45, 2.75) is 24.4 Å². The van der Waals surface area contributed by atoms with Crippen LogP contribution in [0.3, 0.4) is 0 Å². The Morgan fingerprint density at radius 2 is 1.04 bits per heavy atom. The molecular weight excluding hydrogens is 652 g/mol.